The van der Waals surface area contributed by atoms with Crippen molar-refractivity contribution in [3.05, 3.63) is 40.5 Å². The van der Waals surface area contributed by atoms with E-state index in [1.54, 1.807) is 6.33 Å². The van der Waals surface area contributed by atoms with Gasteiger partial charge in [-0.05, 0) is 19.9 Å². The fraction of sp³-hybridized carbons (Fsp3) is 0.385. The van der Waals surface area contributed by atoms with E-state index < -0.39 is 14.8 Å². The summed E-state index contributed by atoms with van der Waals surface area (Å²) in [5.41, 5.74) is 0.0118. The molecule has 10 heteroatoms. The van der Waals surface area contributed by atoms with Gasteiger partial charge in [0.2, 0.25) is 0 Å². The van der Waals surface area contributed by atoms with E-state index in [0.717, 1.165) is 12.3 Å². The number of rotatable bonds is 6. The monoisotopic (exact) mass is 339 g/mol. The third-order valence-corrected chi connectivity index (χ3v) is 4.35. The summed E-state index contributed by atoms with van der Waals surface area (Å²) in [6, 6.07) is 3.84. The predicted octanol–water partition coefficient (Wildman–Crippen LogP) is 1.78. The highest BCUT2D eigenvalue weighted by Gasteiger charge is 2.19. The molecular formula is C13H17N5O4S. The first-order chi connectivity index (χ1) is 10.7. The number of aromatic nitrogens is 3. The second-order valence-electron chi connectivity index (χ2n) is 5.31. The Balaban J connectivity index is 2.33. The smallest absolute Gasteiger partial charge is 0.270 e. The number of hydrogen-bond acceptors (Lipinski definition) is 7. The molecule has 0 spiro atoms. The van der Waals surface area contributed by atoms with Crippen molar-refractivity contribution in [2.45, 2.75) is 31.3 Å². The SMILES string of the molecule is CC(C)n1cnnc1CNc1ccc([N+](=O)[O-])cc1S(C)(=O)=O. The quantitative estimate of drug-likeness (QED) is 0.629. The van der Waals surface area contributed by atoms with Crippen LogP contribution in [-0.2, 0) is 16.4 Å². The fourth-order valence-corrected chi connectivity index (χ4v) is 2.95. The minimum Gasteiger partial charge on any atom is -0.377 e. The Bertz CT molecular complexity index is 829. The van der Waals surface area contributed by atoms with Crippen LogP contribution in [0.2, 0.25) is 0 Å². The van der Waals surface area contributed by atoms with E-state index in [0.29, 0.717) is 5.82 Å². The molecule has 1 aromatic carbocycles. The van der Waals surface area contributed by atoms with Crippen LogP contribution in [0.15, 0.2) is 29.4 Å². The van der Waals surface area contributed by atoms with Crippen molar-refractivity contribution < 1.29 is 13.3 Å². The van der Waals surface area contributed by atoms with Gasteiger partial charge in [0.15, 0.2) is 15.7 Å². The summed E-state index contributed by atoms with van der Waals surface area (Å²) >= 11 is 0. The van der Waals surface area contributed by atoms with Crippen LogP contribution in [-0.4, -0.2) is 34.4 Å². The largest absolute Gasteiger partial charge is 0.377 e. The lowest BCUT2D eigenvalue weighted by Gasteiger charge is -2.13. The summed E-state index contributed by atoms with van der Waals surface area (Å²) in [5.74, 6) is 0.637. The summed E-state index contributed by atoms with van der Waals surface area (Å²) in [4.78, 5) is 10.1. The van der Waals surface area contributed by atoms with E-state index in [-0.39, 0.29) is 28.9 Å². The van der Waals surface area contributed by atoms with Crippen LogP contribution in [0.3, 0.4) is 0 Å². The number of sulfone groups is 1. The summed E-state index contributed by atoms with van der Waals surface area (Å²) in [6.07, 6.45) is 2.60. The highest BCUT2D eigenvalue weighted by molar-refractivity contribution is 7.90. The predicted molar refractivity (Wildman–Crippen MR) is 83.9 cm³/mol. The lowest BCUT2D eigenvalue weighted by molar-refractivity contribution is -0.385. The van der Waals surface area contributed by atoms with Crippen LogP contribution in [0.4, 0.5) is 11.4 Å². The molecule has 0 aliphatic heterocycles. The van der Waals surface area contributed by atoms with Gasteiger partial charge in [0, 0.05) is 24.4 Å². The molecule has 0 unspecified atom stereocenters. The molecule has 0 saturated heterocycles. The maximum atomic E-state index is 11.9. The maximum absolute atomic E-state index is 11.9. The minimum absolute atomic E-state index is 0.123. The number of nitro benzene ring substituents is 1. The number of non-ortho nitro benzene ring substituents is 1. The van der Waals surface area contributed by atoms with Gasteiger partial charge in [0.05, 0.1) is 22.1 Å². The molecule has 0 radical (unpaired) electrons. The minimum atomic E-state index is -3.62. The van der Waals surface area contributed by atoms with E-state index in [4.69, 9.17) is 0 Å². The second-order valence-corrected chi connectivity index (χ2v) is 7.30. The molecule has 1 N–H and O–H groups in total. The Hall–Kier alpha value is -2.49. The second kappa shape index (κ2) is 6.32. The van der Waals surface area contributed by atoms with Crippen LogP contribution < -0.4 is 5.32 Å². The number of benzene rings is 1. The van der Waals surface area contributed by atoms with Crippen molar-refractivity contribution in [2.75, 3.05) is 11.6 Å². The Morgan fingerprint density at radius 2 is 2.09 bits per heavy atom. The molecule has 124 valence electrons. The molecule has 0 aliphatic carbocycles. The average molecular weight is 339 g/mol. The summed E-state index contributed by atoms with van der Waals surface area (Å²) in [6.45, 7) is 4.19. The van der Waals surface area contributed by atoms with Crippen LogP contribution in [0.25, 0.3) is 0 Å². The highest BCUT2D eigenvalue weighted by Crippen LogP contribution is 2.26. The van der Waals surface area contributed by atoms with Crippen molar-refractivity contribution >= 4 is 21.2 Å². The van der Waals surface area contributed by atoms with Gasteiger partial charge < -0.3 is 9.88 Å². The van der Waals surface area contributed by atoms with Gasteiger partial charge in [-0.1, -0.05) is 0 Å². The highest BCUT2D eigenvalue weighted by atomic mass is 32.2. The van der Waals surface area contributed by atoms with Crippen molar-refractivity contribution in [3.8, 4) is 0 Å². The van der Waals surface area contributed by atoms with Crippen LogP contribution in [0, 0.1) is 10.1 Å². The van der Waals surface area contributed by atoms with Gasteiger partial charge in [-0.15, -0.1) is 10.2 Å². The molecule has 0 atom stereocenters. The normalized spacial score (nSPS) is 11.7. The van der Waals surface area contributed by atoms with Crippen molar-refractivity contribution in [3.63, 3.8) is 0 Å². The lowest BCUT2D eigenvalue weighted by atomic mass is 10.3. The molecule has 0 fully saturated rings. The van der Waals surface area contributed by atoms with Crippen molar-refractivity contribution in [1.29, 1.82) is 0 Å². The van der Waals surface area contributed by atoms with Crippen LogP contribution >= 0.6 is 0 Å². The van der Waals surface area contributed by atoms with E-state index >= 15 is 0 Å². The van der Waals surface area contributed by atoms with E-state index in [9.17, 15) is 18.5 Å². The molecule has 0 bridgehead atoms. The first-order valence-corrected chi connectivity index (χ1v) is 8.70. The number of nitrogens with zero attached hydrogens (tertiary/aromatic N) is 4. The average Bonchev–Trinajstić information content (AvgIpc) is 2.92. The van der Waals surface area contributed by atoms with Crippen LogP contribution in [0.1, 0.15) is 25.7 Å². The van der Waals surface area contributed by atoms with Crippen molar-refractivity contribution in [2.24, 2.45) is 0 Å². The molecule has 0 saturated carbocycles. The summed E-state index contributed by atoms with van der Waals surface area (Å²) in [5, 5.41) is 21.6. The van der Waals surface area contributed by atoms with E-state index in [1.165, 1.54) is 12.1 Å². The first-order valence-electron chi connectivity index (χ1n) is 6.81. The topological polar surface area (TPSA) is 120 Å². The third-order valence-electron chi connectivity index (χ3n) is 3.22. The molecule has 1 heterocycles. The summed E-state index contributed by atoms with van der Waals surface area (Å²) in [7, 11) is -3.62. The molecule has 2 rings (SSSR count). The van der Waals surface area contributed by atoms with Crippen LogP contribution in [0.5, 0.6) is 0 Å². The maximum Gasteiger partial charge on any atom is 0.270 e. The standard InChI is InChI=1S/C13H17N5O4S/c1-9(2)17-8-15-16-13(17)7-14-11-5-4-10(18(19)20)6-12(11)23(3,21)22/h4-6,8-9,14H,7H2,1-3H3. The zero-order valence-corrected chi connectivity index (χ0v) is 13.7. The molecular weight excluding hydrogens is 322 g/mol. The van der Waals surface area contributed by atoms with Gasteiger partial charge in [-0.2, -0.15) is 0 Å². The van der Waals surface area contributed by atoms with Gasteiger partial charge in [-0.3, -0.25) is 10.1 Å². The van der Waals surface area contributed by atoms with Gasteiger partial charge in [0.1, 0.15) is 6.33 Å². The molecule has 1 aromatic heterocycles. The van der Waals surface area contributed by atoms with Gasteiger partial charge in [-0.25, -0.2) is 8.42 Å². The fourth-order valence-electron chi connectivity index (χ4n) is 2.08. The Morgan fingerprint density at radius 3 is 2.65 bits per heavy atom. The molecule has 23 heavy (non-hydrogen) atoms. The van der Waals surface area contributed by atoms with E-state index in [1.807, 2.05) is 18.4 Å². The number of anilines is 1. The molecule has 0 aliphatic rings. The van der Waals surface area contributed by atoms with Gasteiger partial charge >= 0.3 is 0 Å². The van der Waals surface area contributed by atoms with E-state index in [2.05, 4.69) is 15.5 Å². The summed E-state index contributed by atoms with van der Waals surface area (Å²) < 4.78 is 25.6. The Labute approximate surface area is 133 Å². The zero-order chi connectivity index (χ0) is 17.2. The number of nitro groups is 1. The third kappa shape index (κ3) is 3.83. The van der Waals surface area contributed by atoms with Gasteiger partial charge in [0.25, 0.3) is 5.69 Å². The molecule has 2 aromatic rings. The Morgan fingerprint density at radius 1 is 1.39 bits per heavy atom. The first kappa shape index (κ1) is 16.9. The lowest BCUT2D eigenvalue weighted by Crippen LogP contribution is -2.12. The number of hydrogen-bond donors (Lipinski definition) is 1. The van der Waals surface area contributed by atoms with Crippen molar-refractivity contribution in [1.82, 2.24) is 14.8 Å². The molecule has 0 amide bonds. The molecule has 9 nitrogen and oxygen atoms in total. The zero-order valence-electron chi connectivity index (χ0n) is 12.9. The Kier molecular flexibility index (Phi) is 4.64. The number of nitrogens with one attached hydrogen (secondary N) is 1.